The largest absolute Gasteiger partial charge is 0.388 e. The molecule has 4 nitrogen and oxygen atoms in total. The van der Waals surface area contributed by atoms with E-state index in [1.54, 1.807) is 12.4 Å². The number of nitrogens with one attached hydrogen (secondary N) is 1. The number of nitrogens with zero attached hydrogens (tertiary/aromatic N) is 2. The van der Waals surface area contributed by atoms with Gasteiger partial charge in [-0.2, -0.15) is 0 Å². The van der Waals surface area contributed by atoms with Crippen molar-refractivity contribution in [2.75, 3.05) is 5.32 Å². The first-order chi connectivity index (χ1) is 5.72. The number of hydrogen-bond acceptors (Lipinski definition) is 4. The molecule has 4 heteroatoms. The fourth-order valence-corrected chi connectivity index (χ4v) is 0.844. The third-order valence-electron chi connectivity index (χ3n) is 1.30. The third-order valence-corrected chi connectivity index (χ3v) is 1.30. The van der Waals surface area contributed by atoms with Crippen LogP contribution in [0.3, 0.4) is 0 Å². The molecule has 0 bridgehead atoms. The van der Waals surface area contributed by atoms with Crippen molar-refractivity contribution in [2.45, 2.75) is 26.5 Å². The van der Waals surface area contributed by atoms with E-state index in [-0.39, 0.29) is 6.61 Å². The van der Waals surface area contributed by atoms with Crippen LogP contribution in [0, 0.1) is 0 Å². The Morgan fingerprint density at radius 2 is 2.00 bits per heavy atom. The highest BCUT2D eigenvalue weighted by Crippen LogP contribution is 2.04. The van der Waals surface area contributed by atoms with Crippen LogP contribution in [0.1, 0.15) is 19.7 Å². The van der Waals surface area contributed by atoms with Gasteiger partial charge in [0.2, 0.25) is 0 Å². The Kier molecular flexibility index (Phi) is 2.99. The van der Waals surface area contributed by atoms with Gasteiger partial charge in [0.25, 0.3) is 0 Å². The van der Waals surface area contributed by atoms with E-state index in [2.05, 4.69) is 15.3 Å². The van der Waals surface area contributed by atoms with Crippen LogP contribution in [-0.2, 0) is 6.61 Å². The Balaban J connectivity index is 2.65. The van der Waals surface area contributed by atoms with Crippen molar-refractivity contribution < 1.29 is 5.11 Å². The van der Waals surface area contributed by atoms with E-state index in [0.717, 1.165) is 5.69 Å². The maximum atomic E-state index is 8.66. The topological polar surface area (TPSA) is 58.0 Å². The van der Waals surface area contributed by atoms with Gasteiger partial charge in [-0.15, -0.1) is 0 Å². The second-order valence-electron chi connectivity index (χ2n) is 2.85. The summed E-state index contributed by atoms with van der Waals surface area (Å²) in [6.07, 6.45) is 3.33. The zero-order valence-corrected chi connectivity index (χ0v) is 7.28. The lowest BCUT2D eigenvalue weighted by Crippen LogP contribution is -2.10. The van der Waals surface area contributed by atoms with E-state index >= 15 is 0 Å². The average molecular weight is 167 g/mol. The smallest absolute Gasteiger partial charge is 0.153 e. The standard InChI is InChI=1S/C8H13N3O/c1-6(2)11-7-3-9-8(5-12)10-4-7/h3-4,6,11-12H,5H2,1-2H3. The van der Waals surface area contributed by atoms with Crippen molar-refractivity contribution in [1.29, 1.82) is 0 Å². The number of aliphatic hydroxyl groups excluding tert-OH is 1. The molecule has 1 aromatic rings. The molecule has 0 saturated heterocycles. The first kappa shape index (κ1) is 8.93. The van der Waals surface area contributed by atoms with Gasteiger partial charge in [-0.05, 0) is 13.8 Å². The second-order valence-corrected chi connectivity index (χ2v) is 2.85. The Morgan fingerprint density at radius 3 is 2.42 bits per heavy atom. The lowest BCUT2D eigenvalue weighted by atomic mass is 10.4. The van der Waals surface area contributed by atoms with Gasteiger partial charge < -0.3 is 10.4 Å². The molecular weight excluding hydrogens is 154 g/mol. The van der Waals surface area contributed by atoms with E-state index in [0.29, 0.717) is 11.9 Å². The number of rotatable bonds is 3. The van der Waals surface area contributed by atoms with Crippen LogP contribution in [0.15, 0.2) is 12.4 Å². The van der Waals surface area contributed by atoms with Gasteiger partial charge in [-0.25, -0.2) is 9.97 Å². The molecule has 0 radical (unpaired) electrons. The molecule has 1 heterocycles. The van der Waals surface area contributed by atoms with Crippen LogP contribution >= 0.6 is 0 Å². The van der Waals surface area contributed by atoms with Crippen LogP contribution in [0.25, 0.3) is 0 Å². The maximum Gasteiger partial charge on any atom is 0.153 e. The maximum absolute atomic E-state index is 8.66. The summed E-state index contributed by atoms with van der Waals surface area (Å²) in [4.78, 5) is 7.85. The van der Waals surface area contributed by atoms with Gasteiger partial charge >= 0.3 is 0 Å². The Bertz CT molecular complexity index is 233. The van der Waals surface area contributed by atoms with E-state index in [9.17, 15) is 0 Å². The quantitative estimate of drug-likeness (QED) is 0.698. The predicted octanol–water partition coefficient (Wildman–Crippen LogP) is 0.789. The molecule has 0 spiro atoms. The van der Waals surface area contributed by atoms with Gasteiger partial charge in [0.05, 0.1) is 18.1 Å². The molecular formula is C8H13N3O. The first-order valence-corrected chi connectivity index (χ1v) is 3.90. The minimum absolute atomic E-state index is 0.109. The van der Waals surface area contributed by atoms with Crippen molar-refractivity contribution in [3.63, 3.8) is 0 Å². The second kappa shape index (κ2) is 4.01. The van der Waals surface area contributed by atoms with Crippen LogP contribution in [0.4, 0.5) is 5.69 Å². The molecule has 0 aromatic carbocycles. The first-order valence-electron chi connectivity index (χ1n) is 3.90. The SMILES string of the molecule is CC(C)Nc1cnc(CO)nc1. The van der Waals surface area contributed by atoms with Crippen molar-refractivity contribution >= 4 is 5.69 Å². The molecule has 0 fully saturated rings. The Labute approximate surface area is 71.7 Å². The molecule has 1 rings (SSSR count). The predicted molar refractivity (Wildman–Crippen MR) is 46.7 cm³/mol. The van der Waals surface area contributed by atoms with E-state index in [1.165, 1.54) is 0 Å². The average Bonchev–Trinajstić information content (AvgIpc) is 2.05. The zero-order valence-electron chi connectivity index (χ0n) is 7.28. The minimum atomic E-state index is -0.109. The summed E-state index contributed by atoms with van der Waals surface area (Å²) in [6, 6.07) is 0.369. The molecule has 0 saturated carbocycles. The molecule has 1 aromatic heterocycles. The summed E-state index contributed by atoms with van der Waals surface area (Å²) in [5, 5.41) is 11.8. The fraction of sp³-hybridized carbons (Fsp3) is 0.500. The molecule has 2 N–H and O–H groups in total. The summed E-state index contributed by atoms with van der Waals surface area (Å²) >= 11 is 0. The summed E-state index contributed by atoms with van der Waals surface area (Å²) in [7, 11) is 0. The molecule has 0 amide bonds. The lowest BCUT2D eigenvalue weighted by Gasteiger charge is -2.08. The minimum Gasteiger partial charge on any atom is -0.388 e. The van der Waals surface area contributed by atoms with Crippen LogP contribution in [0.2, 0.25) is 0 Å². The highest BCUT2D eigenvalue weighted by Gasteiger charge is 1.96. The number of hydrogen-bond donors (Lipinski definition) is 2. The van der Waals surface area contributed by atoms with E-state index in [4.69, 9.17) is 5.11 Å². The van der Waals surface area contributed by atoms with Crippen molar-refractivity contribution in [3.8, 4) is 0 Å². The van der Waals surface area contributed by atoms with Gasteiger partial charge in [-0.3, -0.25) is 0 Å². The lowest BCUT2D eigenvalue weighted by molar-refractivity contribution is 0.271. The number of aliphatic hydroxyl groups is 1. The number of aromatic nitrogens is 2. The molecule has 0 atom stereocenters. The Hall–Kier alpha value is -1.16. The van der Waals surface area contributed by atoms with Crippen molar-refractivity contribution in [2.24, 2.45) is 0 Å². The summed E-state index contributed by atoms with van der Waals surface area (Å²) in [5.74, 6) is 0.448. The summed E-state index contributed by atoms with van der Waals surface area (Å²) in [5.41, 5.74) is 0.877. The number of anilines is 1. The van der Waals surface area contributed by atoms with Gasteiger partial charge in [-0.1, -0.05) is 0 Å². The fourth-order valence-electron chi connectivity index (χ4n) is 0.844. The highest BCUT2D eigenvalue weighted by molar-refractivity contribution is 5.38. The normalized spacial score (nSPS) is 10.3. The van der Waals surface area contributed by atoms with Gasteiger partial charge in [0.1, 0.15) is 6.61 Å². The molecule has 0 aliphatic carbocycles. The van der Waals surface area contributed by atoms with Gasteiger partial charge in [0, 0.05) is 6.04 Å². The van der Waals surface area contributed by atoms with Crippen LogP contribution in [-0.4, -0.2) is 21.1 Å². The van der Waals surface area contributed by atoms with Crippen LogP contribution in [0.5, 0.6) is 0 Å². The zero-order chi connectivity index (χ0) is 8.97. The van der Waals surface area contributed by atoms with E-state index < -0.39 is 0 Å². The van der Waals surface area contributed by atoms with E-state index in [1.807, 2.05) is 13.8 Å². The van der Waals surface area contributed by atoms with Crippen molar-refractivity contribution in [3.05, 3.63) is 18.2 Å². The summed E-state index contributed by atoms with van der Waals surface area (Å²) in [6.45, 7) is 3.97. The van der Waals surface area contributed by atoms with Crippen molar-refractivity contribution in [1.82, 2.24) is 9.97 Å². The third kappa shape index (κ3) is 2.47. The van der Waals surface area contributed by atoms with Gasteiger partial charge in [0.15, 0.2) is 5.82 Å². The molecule has 12 heavy (non-hydrogen) atoms. The molecule has 0 aliphatic rings. The molecule has 0 aliphatic heterocycles. The molecule has 0 unspecified atom stereocenters. The monoisotopic (exact) mass is 167 g/mol. The van der Waals surface area contributed by atoms with Crippen LogP contribution < -0.4 is 5.32 Å². The summed E-state index contributed by atoms with van der Waals surface area (Å²) < 4.78 is 0. The molecule has 66 valence electrons. The Morgan fingerprint density at radius 1 is 1.42 bits per heavy atom. The highest BCUT2D eigenvalue weighted by atomic mass is 16.3.